The van der Waals surface area contributed by atoms with Crippen molar-refractivity contribution in [3.05, 3.63) is 88.6 Å². The minimum absolute atomic E-state index is 0.0765. The van der Waals surface area contributed by atoms with Crippen molar-refractivity contribution in [3.8, 4) is 5.75 Å². The van der Waals surface area contributed by atoms with Crippen LogP contribution in [0.15, 0.2) is 59.0 Å². The van der Waals surface area contributed by atoms with Crippen LogP contribution in [0, 0.1) is 11.7 Å². The van der Waals surface area contributed by atoms with Crippen molar-refractivity contribution in [2.75, 3.05) is 32.7 Å². The van der Waals surface area contributed by atoms with E-state index in [0.29, 0.717) is 24.6 Å². The zero-order valence-electron chi connectivity index (χ0n) is 22.0. The van der Waals surface area contributed by atoms with E-state index in [1.54, 1.807) is 18.2 Å². The number of fused-ring (bicyclic) bond motifs is 1. The molecule has 1 N–H and O–H groups in total. The molecule has 2 aliphatic heterocycles. The number of nitrogens with zero attached hydrogens (tertiary/aromatic N) is 2. The molecule has 1 aromatic heterocycles. The predicted octanol–water partition coefficient (Wildman–Crippen LogP) is 4.71. The molecule has 2 amide bonds. The number of halogens is 1. The summed E-state index contributed by atoms with van der Waals surface area (Å²) in [5.41, 5.74) is 2.84. The number of likely N-dealkylation sites (tertiary alicyclic amines) is 1. The van der Waals surface area contributed by atoms with Crippen LogP contribution in [-0.2, 0) is 17.8 Å². The molecule has 1 atom stereocenters. The van der Waals surface area contributed by atoms with Crippen LogP contribution in [0.3, 0.4) is 0 Å². The molecule has 2 fully saturated rings. The van der Waals surface area contributed by atoms with E-state index < -0.39 is 0 Å². The third-order valence-electron chi connectivity index (χ3n) is 7.90. The molecular weight excluding hydrogens is 497 g/mol. The molecule has 3 aromatic rings. The van der Waals surface area contributed by atoms with Gasteiger partial charge >= 0.3 is 0 Å². The Hall–Kier alpha value is -3.65. The van der Waals surface area contributed by atoms with Gasteiger partial charge in [-0.25, -0.2) is 4.39 Å². The quantitative estimate of drug-likeness (QED) is 0.433. The topological polar surface area (TPSA) is 75.0 Å². The van der Waals surface area contributed by atoms with Crippen LogP contribution in [0.4, 0.5) is 4.39 Å². The predicted molar refractivity (Wildman–Crippen MR) is 144 cm³/mol. The van der Waals surface area contributed by atoms with Crippen molar-refractivity contribution in [2.45, 2.75) is 44.8 Å². The number of ether oxygens (including phenoxy) is 1. The van der Waals surface area contributed by atoms with Gasteiger partial charge in [-0.05, 0) is 98.3 Å². The summed E-state index contributed by atoms with van der Waals surface area (Å²) in [7, 11) is 0. The Morgan fingerprint density at radius 1 is 1.03 bits per heavy atom. The van der Waals surface area contributed by atoms with Crippen molar-refractivity contribution in [2.24, 2.45) is 5.92 Å². The summed E-state index contributed by atoms with van der Waals surface area (Å²) < 4.78 is 26.0. The Bertz CT molecular complexity index is 1350. The molecule has 0 bridgehead atoms. The van der Waals surface area contributed by atoms with Gasteiger partial charge in [-0.1, -0.05) is 18.2 Å². The van der Waals surface area contributed by atoms with E-state index in [-0.39, 0.29) is 42.0 Å². The molecule has 0 radical (unpaired) electrons. The second-order valence-electron chi connectivity index (χ2n) is 10.7. The van der Waals surface area contributed by atoms with Crippen LogP contribution in [0.25, 0.3) is 0 Å². The maximum Gasteiger partial charge on any atom is 0.287 e. The third kappa shape index (κ3) is 5.86. The van der Waals surface area contributed by atoms with Gasteiger partial charge in [0.25, 0.3) is 5.91 Å². The van der Waals surface area contributed by atoms with E-state index in [1.807, 2.05) is 29.2 Å². The van der Waals surface area contributed by atoms with Crippen molar-refractivity contribution in [3.63, 3.8) is 0 Å². The van der Waals surface area contributed by atoms with Gasteiger partial charge in [0.1, 0.15) is 23.9 Å². The molecule has 7 nitrogen and oxygen atoms in total. The minimum Gasteiger partial charge on any atom is -0.486 e. The number of hydrogen-bond acceptors (Lipinski definition) is 5. The average Bonchev–Trinajstić information content (AvgIpc) is 3.45. The number of rotatable bonds is 9. The Balaban J connectivity index is 1.14. The van der Waals surface area contributed by atoms with Crippen molar-refractivity contribution in [1.29, 1.82) is 0 Å². The molecule has 0 spiro atoms. The van der Waals surface area contributed by atoms with E-state index in [0.717, 1.165) is 55.6 Å². The van der Waals surface area contributed by atoms with Gasteiger partial charge in [0.15, 0.2) is 5.76 Å². The maximum atomic E-state index is 14.2. The molecule has 8 heteroatoms. The molecule has 3 aliphatic rings. The zero-order chi connectivity index (χ0) is 26.8. The van der Waals surface area contributed by atoms with Gasteiger partial charge < -0.3 is 24.3 Å². The van der Waals surface area contributed by atoms with Crippen LogP contribution in [0.1, 0.15) is 64.7 Å². The monoisotopic (exact) mass is 531 g/mol. The highest BCUT2D eigenvalue weighted by molar-refractivity contribution is 5.91. The van der Waals surface area contributed by atoms with E-state index in [1.165, 1.54) is 25.0 Å². The number of carbonyl (C=O) groups is 2. The van der Waals surface area contributed by atoms with Crippen LogP contribution in [-0.4, -0.2) is 54.3 Å². The van der Waals surface area contributed by atoms with Crippen molar-refractivity contribution in [1.82, 2.24) is 15.1 Å². The normalized spacial score (nSPS) is 19.1. The largest absolute Gasteiger partial charge is 0.486 e. The van der Waals surface area contributed by atoms with E-state index in [4.69, 9.17) is 9.15 Å². The molecule has 6 rings (SSSR count). The number of hydrogen-bond donors (Lipinski definition) is 1. The highest BCUT2D eigenvalue weighted by atomic mass is 19.1. The molecule has 1 aliphatic carbocycles. The van der Waals surface area contributed by atoms with Gasteiger partial charge in [0.2, 0.25) is 5.91 Å². The highest BCUT2D eigenvalue weighted by Gasteiger charge is 2.39. The van der Waals surface area contributed by atoms with Crippen LogP contribution in [0.2, 0.25) is 0 Å². The number of furan rings is 1. The molecular formula is C31H34FN3O4. The molecule has 204 valence electrons. The molecule has 1 saturated carbocycles. The lowest BCUT2D eigenvalue weighted by atomic mass is 9.87. The first kappa shape index (κ1) is 25.6. The van der Waals surface area contributed by atoms with E-state index >= 15 is 0 Å². The SMILES string of the molecule is O=C(NCCN1CCCC1)c1ccc(COc2ccc3c(c2)C(c2cccc(F)c2)N(C(=O)C2CC2)CC3)o1. The first-order valence-electron chi connectivity index (χ1n) is 14.0. The second-order valence-corrected chi connectivity index (χ2v) is 10.7. The minimum atomic E-state index is -0.361. The number of benzene rings is 2. The first-order valence-corrected chi connectivity index (χ1v) is 14.0. The number of nitrogens with one attached hydrogen (secondary N) is 1. The summed E-state index contributed by atoms with van der Waals surface area (Å²) in [5.74, 6) is 1.11. The van der Waals surface area contributed by atoms with Crippen LogP contribution >= 0.6 is 0 Å². The van der Waals surface area contributed by atoms with Gasteiger partial charge in [-0.2, -0.15) is 0 Å². The zero-order valence-corrected chi connectivity index (χ0v) is 22.0. The average molecular weight is 532 g/mol. The van der Waals surface area contributed by atoms with Gasteiger partial charge in [0.05, 0.1) is 6.04 Å². The lowest BCUT2D eigenvalue weighted by molar-refractivity contribution is -0.134. The van der Waals surface area contributed by atoms with Crippen LogP contribution in [0.5, 0.6) is 5.75 Å². The molecule has 2 aromatic carbocycles. The fourth-order valence-electron chi connectivity index (χ4n) is 5.67. The smallest absolute Gasteiger partial charge is 0.287 e. The Morgan fingerprint density at radius 3 is 2.67 bits per heavy atom. The maximum absolute atomic E-state index is 14.2. The van der Waals surface area contributed by atoms with Gasteiger partial charge in [-0.15, -0.1) is 0 Å². The Labute approximate surface area is 227 Å². The molecule has 3 heterocycles. The highest BCUT2D eigenvalue weighted by Crippen LogP contribution is 2.41. The number of amides is 2. The third-order valence-corrected chi connectivity index (χ3v) is 7.90. The summed E-state index contributed by atoms with van der Waals surface area (Å²) in [6.07, 6.45) is 5.03. The molecule has 1 unspecified atom stereocenters. The standard InChI is InChI=1S/C31H34FN3O4/c32-24-5-3-4-23(18-24)29-27-19-25(9-8-21(27)12-16-35(29)31(37)22-6-7-22)38-20-26-10-11-28(39-26)30(36)33-13-17-34-14-1-2-15-34/h3-5,8-11,18-19,22,29H,1-2,6-7,12-17,20H2,(H,33,36). The summed E-state index contributed by atoms with van der Waals surface area (Å²) >= 11 is 0. The van der Waals surface area contributed by atoms with E-state index in [2.05, 4.69) is 10.2 Å². The Morgan fingerprint density at radius 2 is 1.87 bits per heavy atom. The van der Waals surface area contributed by atoms with Gasteiger partial charge in [-0.3, -0.25) is 9.59 Å². The lowest BCUT2D eigenvalue weighted by Crippen LogP contribution is -2.41. The summed E-state index contributed by atoms with van der Waals surface area (Å²) in [5, 5.41) is 2.92. The fourth-order valence-corrected chi connectivity index (χ4v) is 5.67. The molecule has 1 saturated heterocycles. The van der Waals surface area contributed by atoms with Crippen LogP contribution < -0.4 is 10.1 Å². The Kier molecular flexibility index (Phi) is 7.37. The fraction of sp³-hybridized carbons (Fsp3) is 0.419. The lowest BCUT2D eigenvalue weighted by Gasteiger charge is -2.38. The second kappa shape index (κ2) is 11.2. The number of carbonyl (C=O) groups excluding carboxylic acids is 2. The summed E-state index contributed by atoms with van der Waals surface area (Å²) in [6, 6.07) is 15.4. The van der Waals surface area contributed by atoms with Crippen molar-refractivity contribution < 1.29 is 23.1 Å². The van der Waals surface area contributed by atoms with E-state index in [9.17, 15) is 14.0 Å². The first-order chi connectivity index (χ1) is 19.0. The summed E-state index contributed by atoms with van der Waals surface area (Å²) in [4.78, 5) is 29.9. The van der Waals surface area contributed by atoms with Gasteiger partial charge in [0, 0.05) is 25.6 Å². The molecule has 39 heavy (non-hydrogen) atoms. The summed E-state index contributed by atoms with van der Waals surface area (Å²) in [6.45, 7) is 4.40. The van der Waals surface area contributed by atoms with Crippen molar-refractivity contribution >= 4 is 11.8 Å².